The van der Waals surface area contributed by atoms with E-state index in [1.54, 1.807) is 6.33 Å². The molecule has 1 N–H and O–H groups in total. The summed E-state index contributed by atoms with van der Waals surface area (Å²) < 4.78 is 0. The van der Waals surface area contributed by atoms with Crippen molar-refractivity contribution in [2.24, 2.45) is 5.92 Å². The fourth-order valence-electron chi connectivity index (χ4n) is 3.12. The Balaban J connectivity index is 2.00. The topological polar surface area (TPSA) is 37.8 Å². The number of fused-ring (bicyclic) bond motifs is 3. The summed E-state index contributed by atoms with van der Waals surface area (Å²) in [7, 11) is 0. The zero-order chi connectivity index (χ0) is 14.1. The molecular formula is C16H23N3S. The van der Waals surface area contributed by atoms with Crippen LogP contribution in [0, 0.1) is 5.92 Å². The molecule has 0 fully saturated rings. The van der Waals surface area contributed by atoms with Crippen LogP contribution in [-0.2, 0) is 12.8 Å². The number of anilines is 1. The van der Waals surface area contributed by atoms with Crippen molar-refractivity contribution < 1.29 is 0 Å². The van der Waals surface area contributed by atoms with Crippen molar-refractivity contribution in [3.05, 3.63) is 16.8 Å². The van der Waals surface area contributed by atoms with Gasteiger partial charge in [0.15, 0.2) is 0 Å². The van der Waals surface area contributed by atoms with Gasteiger partial charge >= 0.3 is 0 Å². The number of hydrogen-bond acceptors (Lipinski definition) is 4. The van der Waals surface area contributed by atoms with Gasteiger partial charge in [0.25, 0.3) is 0 Å². The summed E-state index contributed by atoms with van der Waals surface area (Å²) in [4.78, 5) is 11.7. The number of hydrogen-bond donors (Lipinski definition) is 1. The Morgan fingerprint density at radius 3 is 3.10 bits per heavy atom. The van der Waals surface area contributed by atoms with E-state index in [4.69, 9.17) is 0 Å². The fourth-order valence-corrected chi connectivity index (χ4v) is 4.47. The highest BCUT2D eigenvalue weighted by molar-refractivity contribution is 7.19. The Labute approximate surface area is 124 Å². The third-order valence-corrected chi connectivity index (χ3v) is 5.36. The van der Waals surface area contributed by atoms with E-state index in [2.05, 4.69) is 36.1 Å². The molecule has 4 heteroatoms. The lowest BCUT2D eigenvalue weighted by atomic mass is 9.89. The predicted octanol–water partition coefficient (Wildman–Crippen LogP) is 4.42. The summed E-state index contributed by atoms with van der Waals surface area (Å²) in [5.74, 6) is 1.85. The number of thiophene rings is 1. The lowest BCUT2D eigenvalue weighted by Crippen LogP contribution is -2.16. The van der Waals surface area contributed by atoms with Crippen molar-refractivity contribution in [2.45, 2.75) is 58.9 Å². The van der Waals surface area contributed by atoms with Crippen LogP contribution in [0.25, 0.3) is 10.2 Å². The molecule has 0 aromatic carbocycles. The second-order valence-corrected chi connectivity index (χ2v) is 7.17. The summed E-state index contributed by atoms with van der Waals surface area (Å²) in [5.41, 5.74) is 1.51. The van der Waals surface area contributed by atoms with Gasteiger partial charge in [-0.05, 0) is 44.1 Å². The number of aromatic nitrogens is 2. The van der Waals surface area contributed by atoms with Crippen molar-refractivity contribution in [1.82, 2.24) is 9.97 Å². The van der Waals surface area contributed by atoms with Crippen LogP contribution in [0.2, 0.25) is 0 Å². The third-order valence-electron chi connectivity index (χ3n) is 4.20. The average Bonchev–Trinajstić information content (AvgIpc) is 2.77. The number of aryl methyl sites for hydroxylation is 1. The monoisotopic (exact) mass is 289 g/mol. The normalized spacial score (nSPS) is 19.9. The molecule has 3 nitrogen and oxygen atoms in total. The van der Waals surface area contributed by atoms with Crippen LogP contribution in [0.4, 0.5) is 5.82 Å². The van der Waals surface area contributed by atoms with Gasteiger partial charge in [-0.15, -0.1) is 11.3 Å². The minimum absolute atomic E-state index is 0.469. The Hall–Kier alpha value is -1.16. The standard InChI is InChI=1S/C16H23N3S/c1-4-5-11(3)19-15-14-12-7-6-10(2)8-13(12)20-16(14)18-9-17-15/h9-11H,4-8H2,1-3H3,(H,17,18,19). The van der Waals surface area contributed by atoms with Crippen molar-refractivity contribution in [3.63, 3.8) is 0 Å². The third kappa shape index (κ3) is 2.53. The molecule has 2 atom stereocenters. The van der Waals surface area contributed by atoms with E-state index in [0.29, 0.717) is 6.04 Å². The zero-order valence-corrected chi connectivity index (χ0v) is 13.4. The van der Waals surface area contributed by atoms with Gasteiger partial charge in [-0.2, -0.15) is 0 Å². The van der Waals surface area contributed by atoms with Gasteiger partial charge in [0.1, 0.15) is 17.0 Å². The molecule has 108 valence electrons. The van der Waals surface area contributed by atoms with Crippen molar-refractivity contribution in [1.29, 1.82) is 0 Å². The van der Waals surface area contributed by atoms with E-state index in [9.17, 15) is 0 Å². The highest BCUT2D eigenvalue weighted by Gasteiger charge is 2.23. The minimum atomic E-state index is 0.469. The number of nitrogens with one attached hydrogen (secondary N) is 1. The van der Waals surface area contributed by atoms with Gasteiger partial charge in [0.05, 0.1) is 5.39 Å². The van der Waals surface area contributed by atoms with Gasteiger partial charge in [0.2, 0.25) is 0 Å². The molecule has 0 aliphatic heterocycles. The Kier molecular flexibility index (Phi) is 3.92. The van der Waals surface area contributed by atoms with Crippen LogP contribution in [0.15, 0.2) is 6.33 Å². The Bertz CT molecular complexity index is 605. The molecule has 0 spiro atoms. The molecule has 1 aliphatic rings. The molecule has 20 heavy (non-hydrogen) atoms. The first-order valence-electron chi connectivity index (χ1n) is 7.70. The Morgan fingerprint density at radius 1 is 1.45 bits per heavy atom. The molecule has 0 saturated carbocycles. The van der Waals surface area contributed by atoms with Gasteiger partial charge in [0, 0.05) is 10.9 Å². The number of nitrogens with zero attached hydrogens (tertiary/aromatic N) is 2. The molecule has 2 aromatic heterocycles. The Morgan fingerprint density at radius 2 is 2.30 bits per heavy atom. The SMILES string of the molecule is CCCC(C)Nc1ncnc2sc3c(c12)CCC(C)C3. The fraction of sp³-hybridized carbons (Fsp3) is 0.625. The van der Waals surface area contributed by atoms with Gasteiger partial charge < -0.3 is 5.32 Å². The summed E-state index contributed by atoms with van der Waals surface area (Å²) in [5, 5.41) is 4.88. The predicted molar refractivity (Wildman–Crippen MR) is 86.6 cm³/mol. The summed E-state index contributed by atoms with van der Waals surface area (Å²) in [6, 6.07) is 0.469. The first-order chi connectivity index (χ1) is 9.69. The molecule has 2 aromatic rings. The second kappa shape index (κ2) is 5.68. The first-order valence-corrected chi connectivity index (χ1v) is 8.52. The maximum absolute atomic E-state index is 4.51. The maximum atomic E-state index is 4.51. The van der Waals surface area contributed by atoms with Crippen LogP contribution >= 0.6 is 11.3 Å². The van der Waals surface area contributed by atoms with Crippen molar-refractivity contribution in [3.8, 4) is 0 Å². The smallest absolute Gasteiger partial charge is 0.138 e. The molecule has 0 bridgehead atoms. The highest BCUT2D eigenvalue weighted by atomic mass is 32.1. The zero-order valence-electron chi connectivity index (χ0n) is 12.6. The quantitative estimate of drug-likeness (QED) is 0.905. The molecule has 3 rings (SSSR count). The lowest BCUT2D eigenvalue weighted by molar-refractivity contribution is 0.509. The lowest BCUT2D eigenvalue weighted by Gasteiger charge is -2.19. The molecule has 0 amide bonds. The molecular weight excluding hydrogens is 266 g/mol. The van der Waals surface area contributed by atoms with Gasteiger partial charge in [-0.1, -0.05) is 20.3 Å². The number of rotatable bonds is 4. The van der Waals surface area contributed by atoms with E-state index >= 15 is 0 Å². The molecule has 1 aliphatic carbocycles. The molecule has 0 saturated heterocycles. The van der Waals surface area contributed by atoms with E-state index in [-0.39, 0.29) is 0 Å². The van der Waals surface area contributed by atoms with Gasteiger partial charge in [-0.25, -0.2) is 9.97 Å². The van der Waals surface area contributed by atoms with Crippen LogP contribution in [0.1, 0.15) is 50.5 Å². The van der Waals surface area contributed by atoms with Crippen molar-refractivity contribution >= 4 is 27.4 Å². The maximum Gasteiger partial charge on any atom is 0.138 e. The molecule has 2 heterocycles. The van der Waals surface area contributed by atoms with Gasteiger partial charge in [-0.3, -0.25) is 0 Å². The van der Waals surface area contributed by atoms with E-state index in [1.807, 2.05) is 11.3 Å². The van der Waals surface area contributed by atoms with Crippen LogP contribution in [0.3, 0.4) is 0 Å². The van der Waals surface area contributed by atoms with E-state index in [0.717, 1.165) is 16.6 Å². The minimum Gasteiger partial charge on any atom is -0.367 e. The molecule has 0 radical (unpaired) electrons. The second-order valence-electron chi connectivity index (χ2n) is 6.09. The van der Waals surface area contributed by atoms with Crippen LogP contribution in [0.5, 0.6) is 0 Å². The van der Waals surface area contributed by atoms with Crippen LogP contribution in [-0.4, -0.2) is 16.0 Å². The van der Waals surface area contributed by atoms with E-state index in [1.165, 1.54) is 47.9 Å². The highest BCUT2D eigenvalue weighted by Crippen LogP contribution is 2.39. The summed E-state index contributed by atoms with van der Waals surface area (Å²) in [6.45, 7) is 6.81. The van der Waals surface area contributed by atoms with Crippen molar-refractivity contribution in [2.75, 3.05) is 5.32 Å². The summed E-state index contributed by atoms with van der Waals surface area (Å²) in [6.07, 6.45) is 7.75. The van der Waals surface area contributed by atoms with Crippen LogP contribution < -0.4 is 5.32 Å². The largest absolute Gasteiger partial charge is 0.367 e. The first kappa shape index (κ1) is 13.8. The summed E-state index contributed by atoms with van der Waals surface area (Å²) >= 11 is 1.87. The molecule has 2 unspecified atom stereocenters. The average molecular weight is 289 g/mol. The van der Waals surface area contributed by atoms with E-state index < -0.39 is 0 Å².